The molecule has 80 valence electrons. The number of anilines is 1. The van der Waals surface area contributed by atoms with E-state index in [9.17, 15) is 4.79 Å². The number of carbonyl (C=O) groups excluding carboxylic acids is 1. The first-order valence-electron chi connectivity index (χ1n) is 4.80. The van der Waals surface area contributed by atoms with Crippen LogP contribution in [0.3, 0.4) is 0 Å². The summed E-state index contributed by atoms with van der Waals surface area (Å²) in [7, 11) is 1.84. The standard InChI is InChI=1S/C10H13N3OS/c1-13-5-4-8(10(13)14)15-7-2-3-9(11)12-6-7/h2-3,6,8H,4-5H2,1H3,(H2,11,12). The van der Waals surface area contributed by atoms with E-state index in [0.717, 1.165) is 17.9 Å². The zero-order chi connectivity index (χ0) is 10.8. The lowest BCUT2D eigenvalue weighted by Gasteiger charge is -2.09. The molecule has 2 rings (SSSR count). The van der Waals surface area contributed by atoms with Crippen LogP contribution in [0.25, 0.3) is 0 Å². The number of carbonyl (C=O) groups is 1. The van der Waals surface area contributed by atoms with Crippen LogP contribution < -0.4 is 5.73 Å². The van der Waals surface area contributed by atoms with Crippen molar-refractivity contribution in [2.75, 3.05) is 19.3 Å². The van der Waals surface area contributed by atoms with Gasteiger partial charge in [0.1, 0.15) is 5.82 Å². The van der Waals surface area contributed by atoms with Gasteiger partial charge in [0, 0.05) is 24.7 Å². The smallest absolute Gasteiger partial charge is 0.235 e. The number of pyridine rings is 1. The summed E-state index contributed by atoms with van der Waals surface area (Å²) in [5, 5.41) is 0.0421. The van der Waals surface area contributed by atoms with Crippen molar-refractivity contribution in [3.05, 3.63) is 18.3 Å². The van der Waals surface area contributed by atoms with Crippen molar-refractivity contribution in [1.82, 2.24) is 9.88 Å². The van der Waals surface area contributed by atoms with Crippen LogP contribution in [0.4, 0.5) is 5.82 Å². The zero-order valence-electron chi connectivity index (χ0n) is 8.51. The zero-order valence-corrected chi connectivity index (χ0v) is 9.33. The normalized spacial score (nSPS) is 21.0. The topological polar surface area (TPSA) is 59.2 Å². The number of hydrogen-bond donors (Lipinski definition) is 1. The van der Waals surface area contributed by atoms with Crippen molar-refractivity contribution >= 4 is 23.5 Å². The second-order valence-corrected chi connectivity index (χ2v) is 4.85. The van der Waals surface area contributed by atoms with Gasteiger partial charge in [0.2, 0.25) is 5.91 Å². The first kappa shape index (κ1) is 10.3. The summed E-state index contributed by atoms with van der Waals surface area (Å²) < 4.78 is 0. The summed E-state index contributed by atoms with van der Waals surface area (Å²) in [5.74, 6) is 0.714. The number of hydrogen-bond acceptors (Lipinski definition) is 4. The fourth-order valence-corrected chi connectivity index (χ4v) is 2.62. The maximum Gasteiger partial charge on any atom is 0.235 e. The average molecular weight is 223 g/mol. The second kappa shape index (κ2) is 4.10. The summed E-state index contributed by atoms with van der Waals surface area (Å²) >= 11 is 1.56. The van der Waals surface area contributed by atoms with Crippen molar-refractivity contribution in [2.24, 2.45) is 0 Å². The monoisotopic (exact) mass is 223 g/mol. The van der Waals surface area contributed by atoms with E-state index in [0.29, 0.717) is 5.82 Å². The second-order valence-electron chi connectivity index (χ2n) is 3.57. The number of nitrogens with two attached hydrogens (primary N) is 1. The van der Waals surface area contributed by atoms with Gasteiger partial charge in [0.25, 0.3) is 0 Å². The molecule has 1 fully saturated rings. The quantitative estimate of drug-likeness (QED) is 0.812. The van der Waals surface area contributed by atoms with Crippen LogP contribution in [0.15, 0.2) is 23.2 Å². The van der Waals surface area contributed by atoms with E-state index in [1.165, 1.54) is 0 Å². The van der Waals surface area contributed by atoms with Crippen LogP contribution in [-0.4, -0.2) is 34.6 Å². The number of thioether (sulfide) groups is 1. The fraction of sp³-hybridized carbons (Fsp3) is 0.400. The largest absolute Gasteiger partial charge is 0.384 e. The van der Waals surface area contributed by atoms with Crippen LogP contribution in [0.1, 0.15) is 6.42 Å². The fourth-order valence-electron chi connectivity index (χ4n) is 1.53. The van der Waals surface area contributed by atoms with Crippen LogP contribution in [0, 0.1) is 0 Å². The van der Waals surface area contributed by atoms with E-state index in [2.05, 4.69) is 4.98 Å². The number of likely N-dealkylation sites (tertiary alicyclic amines) is 1. The molecule has 2 heterocycles. The molecule has 0 spiro atoms. The van der Waals surface area contributed by atoms with Crippen LogP contribution in [0.2, 0.25) is 0 Å². The van der Waals surface area contributed by atoms with E-state index in [1.807, 2.05) is 13.1 Å². The third kappa shape index (κ3) is 2.23. The molecule has 1 aliphatic rings. The number of aromatic nitrogens is 1. The van der Waals surface area contributed by atoms with Crippen molar-refractivity contribution in [3.8, 4) is 0 Å². The average Bonchev–Trinajstić information content (AvgIpc) is 2.53. The van der Waals surface area contributed by atoms with Crippen molar-refractivity contribution in [3.63, 3.8) is 0 Å². The lowest BCUT2D eigenvalue weighted by atomic mass is 10.4. The van der Waals surface area contributed by atoms with Crippen molar-refractivity contribution < 1.29 is 4.79 Å². The van der Waals surface area contributed by atoms with Gasteiger partial charge < -0.3 is 10.6 Å². The highest BCUT2D eigenvalue weighted by Crippen LogP contribution is 2.29. The lowest BCUT2D eigenvalue weighted by molar-refractivity contribution is -0.126. The molecule has 0 saturated carbocycles. The molecule has 1 aliphatic heterocycles. The van der Waals surface area contributed by atoms with Crippen LogP contribution >= 0.6 is 11.8 Å². The van der Waals surface area contributed by atoms with Gasteiger partial charge in [-0.05, 0) is 18.6 Å². The highest BCUT2D eigenvalue weighted by molar-refractivity contribution is 8.00. The molecule has 1 aromatic heterocycles. The highest BCUT2D eigenvalue weighted by Gasteiger charge is 2.29. The Hall–Kier alpha value is -1.23. The maximum absolute atomic E-state index is 11.6. The van der Waals surface area contributed by atoms with Crippen LogP contribution in [-0.2, 0) is 4.79 Å². The Morgan fingerprint density at radius 1 is 1.60 bits per heavy atom. The van der Waals surface area contributed by atoms with Crippen molar-refractivity contribution in [1.29, 1.82) is 0 Å². The Bertz CT molecular complexity index is 365. The maximum atomic E-state index is 11.6. The minimum absolute atomic E-state index is 0.0421. The molecule has 1 saturated heterocycles. The number of nitrogen functional groups attached to an aromatic ring is 1. The van der Waals surface area contributed by atoms with Gasteiger partial charge in [0.05, 0.1) is 5.25 Å². The summed E-state index contributed by atoms with van der Waals surface area (Å²) in [5.41, 5.74) is 5.49. The molecule has 1 amide bonds. The summed E-state index contributed by atoms with van der Waals surface area (Å²) in [6.07, 6.45) is 2.62. The van der Waals surface area contributed by atoms with Gasteiger partial charge >= 0.3 is 0 Å². The predicted octanol–water partition coefficient (Wildman–Crippen LogP) is 0.987. The molecule has 1 aromatic rings. The molecule has 2 N–H and O–H groups in total. The minimum atomic E-state index is 0.0421. The number of amides is 1. The third-order valence-corrected chi connectivity index (χ3v) is 3.65. The molecule has 0 aromatic carbocycles. The minimum Gasteiger partial charge on any atom is -0.384 e. The molecular weight excluding hydrogens is 210 g/mol. The summed E-state index contributed by atoms with van der Waals surface area (Å²) in [6.45, 7) is 0.846. The summed E-state index contributed by atoms with van der Waals surface area (Å²) in [6, 6.07) is 3.66. The van der Waals surface area contributed by atoms with Gasteiger partial charge in [-0.2, -0.15) is 0 Å². The molecule has 0 bridgehead atoms. The Labute approximate surface area is 92.9 Å². The molecule has 0 radical (unpaired) electrons. The Morgan fingerprint density at radius 3 is 2.93 bits per heavy atom. The first-order valence-corrected chi connectivity index (χ1v) is 5.68. The van der Waals surface area contributed by atoms with E-state index in [1.54, 1.807) is 28.9 Å². The highest BCUT2D eigenvalue weighted by atomic mass is 32.2. The van der Waals surface area contributed by atoms with E-state index in [4.69, 9.17) is 5.73 Å². The molecule has 0 aliphatic carbocycles. The van der Waals surface area contributed by atoms with Gasteiger partial charge in [-0.1, -0.05) is 0 Å². The van der Waals surface area contributed by atoms with Gasteiger partial charge in [-0.15, -0.1) is 11.8 Å². The van der Waals surface area contributed by atoms with Gasteiger partial charge in [-0.25, -0.2) is 4.98 Å². The summed E-state index contributed by atoms with van der Waals surface area (Å²) in [4.78, 5) is 18.4. The van der Waals surface area contributed by atoms with E-state index < -0.39 is 0 Å². The third-order valence-electron chi connectivity index (χ3n) is 2.42. The Morgan fingerprint density at radius 2 is 2.40 bits per heavy atom. The molecule has 5 heteroatoms. The van der Waals surface area contributed by atoms with Crippen LogP contribution in [0.5, 0.6) is 0 Å². The molecular formula is C10H13N3OS. The van der Waals surface area contributed by atoms with E-state index >= 15 is 0 Å². The Balaban J connectivity index is 2.03. The molecule has 15 heavy (non-hydrogen) atoms. The number of nitrogens with zero attached hydrogens (tertiary/aromatic N) is 2. The molecule has 4 nitrogen and oxygen atoms in total. The molecule has 1 atom stereocenters. The SMILES string of the molecule is CN1CCC(Sc2ccc(N)nc2)C1=O. The predicted molar refractivity (Wildman–Crippen MR) is 60.5 cm³/mol. The van der Waals surface area contributed by atoms with Crippen molar-refractivity contribution in [2.45, 2.75) is 16.6 Å². The van der Waals surface area contributed by atoms with E-state index in [-0.39, 0.29) is 11.2 Å². The lowest BCUT2D eigenvalue weighted by Crippen LogP contribution is -2.23. The Kier molecular flexibility index (Phi) is 2.81. The number of rotatable bonds is 2. The van der Waals surface area contributed by atoms with Gasteiger partial charge in [0.15, 0.2) is 0 Å². The first-order chi connectivity index (χ1) is 7.16. The molecule has 1 unspecified atom stereocenters. The van der Waals surface area contributed by atoms with Gasteiger partial charge in [-0.3, -0.25) is 4.79 Å².